The van der Waals surface area contributed by atoms with Crippen molar-refractivity contribution in [2.75, 3.05) is 20.3 Å². The SMILES string of the molecule is COC(=O)C1=COC[C@@H]2[C@@H](CO)[C@@H](O)C[C@H]12. The lowest BCUT2D eigenvalue weighted by Crippen LogP contribution is -2.31. The predicted octanol–water partition coefficient (Wildman–Crippen LogP) is -0.321. The molecule has 2 aliphatic rings. The molecule has 0 aromatic heterocycles. The van der Waals surface area contributed by atoms with E-state index in [0.717, 1.165) is 0 Å². The molecular weight excluding hydrogens is 212 g/mol. The molecule has 1 aliphatic carbocycles. The van der Waals surface area contributed by atoms with Gasteiger partial charge in [0.2, 0.25) is 0 Å². The molecule has 0 saturated heterocycles. The molecule has 0 bridgehead atoms. The number of methoxy groups -OCH3 is 1. The molecule has 4 atom stereocenters. The summed E-state index contributed by atoms with van der Waals surface area (Å²) in [6, 6.07) is 0. The quantitative estimate of drug-likeness (QED) is 0.633. The third-order valence-electron chi connectivity index (χ3n) is 3.59. The molecule has 0 aromatic carbocycles. The molecule has 2 rings (SSSR count). The molecule has 1 aliphatic heterocycles. The first-order chi connectivity index (χ1) is 7.69. The van der Waals surface area contributed by atoms with Gasteiger partial charge in [0, 0.05) is 24.4 Å². The monoisotopic (exact) mass is 228 g/mol. The Bertz CT molecular complexity index is 311. The maximum absolute atomic E-state index is 11.5. The summed E-state index contributed by atoms with van der Waals surface area (Å²) >= 11 is 0. The summed E-state index contributed by atoms with van der Waals surface area (Å²) in [7, 11) is 1.32. The smallest absolute Gasteiger partial charge is 0.337 e. The summed E-state index contributed by atoms with van der Waals surface area (Å²) in [6.07, 6.45) is 1.33. The number of ether oxygens (including phenoxy) is 2. The lowest BCUT2D eigenvalue weighted by Gasteiger charge is -2.28. The second-order valence-corrected chi connectivity index (χ2v) is 4.32. The van der Waals surface area contributed by atoms with E-state index in [1.54, 1.807) is 0 Å². The van der Waals surface area contributed by atoms with Crippen LogP contribution in [0.5, 0.6) is 0 Å². The average molecular weight is 228 g/mol. The van der Waals surface area contributed by atoms with Crippen LogP contribution >= 0.6 is 0 Å². The van der Waals surface area contributed by atoms with E-state index in [1.165, 1.54) is 13.4 Å². The zero-order chi connectivity index (χ0) is 11.7. The van der Waals surface area contributed by atoms with Gasteiger partial charge in [0.05, 0.1) is 31.7 Å². The van der Waals surface area contributed by atoms with E-state index in [0.29, 0.717) is 18.6 Å². The van der Waals surface area contributed by atoms with Crippen LogP contribution in [0.25, 0.3) is 0 Å². The van der Waals surface area contributed by atoms with E-state index in [4.69, 9.17) is 4.74 Å². The highest BCUT2D eigenvalue weighted by Crippen LogP contribution is 2.43. The Kier molecular flexibility index (Phi) is 3.16. The number of esters is 1. The zero-order valence-corrected chi connectivity index (χ0v) is 9.13. The summed E-state index contributed by atoms with van der Waals surface area (Å²) in [4.78, 5) is 11.5. The second kappa shape index (κ2) is 4.43. The van der Waals surface area contributed by atoms with Crippen molar-refractivity contribution in [1.29, 1.82) is 0 Å². The Morgan fingerprint density at radius 2 is 2.44 bits per heavy atom. The summed E-state index contributed by atoms with van der Waals surface area (Å²) in [5.41, 5.74) is 0.466. The van der Waals surface area contributed by atoms with Crippen molar-refractivity contribution in [3.63, 3.8) is 0 Å². The molecule has 0 aromatic rings. The van der Waals surface area contributed by atoms with Gasteiger partial charge in [0.1, 0.15) is 0 Å². The van der Waals surface area contributed by atoms with E-state index in [-0.39, 0.29) is 24.4 Å². The van der Waals surface area contributed by atoms with Crippen LogP contribution in [0.15, 0.2) is 11.8 Å². The number of fused-ring (bicyclic) bond motifs is 1. The van der Waals surface area contributed by atoms with E-state index in [9.17, 15) is 15.0 Å². The lowest BCUT2D eigenvalue weighted by atomic mass is 9.84. The summed E-state index contributed by atoms with van der Waals surface area (Å²) in [6.45, 7) is 0.355. The molecule has 1 heterocycles. The van der Waals surface area contributed by atoms with E-state index >= 15 is 0 Å². The Balaban J connectivity index is 2.20. The van der Waals surface area contributed by atoms with Crippen molar-refractivity contribution in [1.82, 2.24) is 0 Å². The van der Waals surface area contributed by atoms with Gasteiger partial charge in [-0.15, -0.1) is 0 Å². The topological polar surface area (TPSA) is 76.0 Å². The fourth-order valence-electron chi connectivity index (χ4n) is 2.70. The highest BCUT2D eigenvalue weighted by Gasteiger charge is 2.47. The van der Waals surface area contributed by atoms with Gasteiger partial charge >= 0.3 is 5.97 Å². The standard InChI is InChI=1S/C11H16O5/c1-15-11(14)9-5-16-4-8-6(9)2-10(13)7(8)3-12/h5-8,10,12-13H,2-4H2,1H3/t6-,7+,8-,10-/m0/s1. The Morgan fingerprint density at radius 3 is 3.06 bits per heavy atom. The number of aliphatic hydroxyl groups is 2. The number of carbonyl (C=O) groups excluding carboxylic acids is 1. The van der Waals surface area contributed by atoms with Crippen molar-refractivity contribution >= 4 is 5.97 Å². The highest BCUT2D eigenvalue weighted by atomic mass is 16.5. The molecule has 2 N–H and O–H groups in total. The van der Waals surface area contributed by atoms with Crippen LogP contribution in [0.4, 0.5) is 0 Å². The summed E-state index contributed by atoms with van der Waals surface area (Å²) in [5, 5.41) is 19.0. The molecule has 5 nitrogen and oxygen atoms in total. The van der Waals surface area contributed by atoms with Crippen molar-refractivity contribution in [3.8, 4) is 0 Å². The average Bonchev–Trinajstić information content (AvgIpc) is 2.63. The largest absolute Gasteiger partial charge is 0.500 e. The Hall–Kier alpha value is -1.07. The molecule has 0 spiro atoms. The van der Waals surface area contributed by atoms with Crippen LogP contribution in [-0.4, -0.2) is 42.6 Å². The molecule has 90 valence electrons. The molecule has 16 heavy (non-hydrogen) atoms. The second-order valence-electron chi connectivity index (χ2n) is 4.32. The number of carbonyl (C=O) groups is 1. The number of hydrogen-bond donors (Lipinski definition) is 2. The molecule has 0 amide bonds. The van der Waals surface area contributed by atoms with Gasteiger partial charge in [0.25, 0.3) is 0 Å². The Labute approximate surface area is 93.7 Å². The highest BCUT2D eigenvalue weighted by molar-refractivity contribution is 5.89. The fraction of sp³-hybridized carbons (Fsp3) is 0.727. The Morgan fingerprint density at radius 1 is 1.69 bits per heavy atom. The molecule has 1 saturated carbocycles. The molecule has 1 fully saturated rings. The van der Waals surface area contributed by atoms with E-state index < -0.39 is 12.1 Å². The van der Waals surface area contributed by atoms with Crippen molar-refractivity contribution in [2.45, 2.75) is 12.5 Å². The van der Waals surface area contributed by atoms with Crippen LogP contribution in [-0.2, 0) is 14.3 Å². The third kappa shape index (κ3) is 1.70. The first kappa shape index (κ1) is 11.4. The molecule has 0 unspecified atom stereocenters. The fourth-order valence-corrected chi connectivity index (χ4v) is 2.70. The third-order valence-corrected chi connectivity index (χ3v) is 3.59. The van der Waals surface area contributed by atoms with Gasteiger partial charge in [-0.05, 0) is 6.42 Å². The van der Waals surface area contributed by atoms with Crippen molar-refractivity contribution in [2.24, 2.45) is 17.8 Å². The van der Waals surface area contributed by atoms with Crippen LogP contribution in [0.1, 0.15) is 6.42 Å². The van der Waals surface area contributed by atoms with E-state index in [2.05, 4.69) is 4.74 Å². The van der Waals surface area contributed by atoms with Gasteiger partial charge < -0.3 is 19.7 Å². The number of rotatable bonds is 2. The summed E-state index contributed by atoms with van der Waals surface area (Å²) < 4.78 is 9.88. The molecule has 5 heteroatoms. The first-order valence-corrected chi connectivity index (χ1v) is 5.38. The lowest BCUT2D eigenvalue weighted by molar-refractivity contribution is -0.137. The van der Waals surface area contributed by atoms with Crippen LogP contribution in [0.2, 0.25) is 0 Å². The molecular formula is C11H16O5. The minimum atomic E-state index is -0.574. The van der Waals surface area contributed by atoms with Crippen molar-refractivity contribution in [3.05, 3.63) is 11.8 Å². The van der Waals surface area contributed by atoms with Gasteiger partial charge in [-0.2, -0.15) is 0 Å². The minimum Gasteiger partial charge on any atom is -0.500 e. The van der Waals surface area contributed by atoms with Gasteiger partial charge in [-0.1, -0.05) is 0 Å². The van der Waals surface area contributed by atoms with Gasteiger partial charge in [0.15, 0.2) is 0 Å². The van der Waals surface area contributed by atoms with Crippen LogP contribution in [0, 0.1) is 17.8 Å². The number of hydrogen-bond acceptors (Lipinski definition) is 5. The minimum absolute atomic E-state index is 0.000833. The number of aliphatic hydroxyl groups excluding tert-OH is 2. The predicted molar refractivity (Wildman–Crippen MR) is 54.2 cm³/mol. The summed E-state index contributed by atoms with van der Waals surface area (Å²) in [5.74, 6) is -0.689. The van der Waals surface area contributed by atoms with Crippen LogP contribution < -0.4 is 0 Å². The maximum Gasteiger partial charge on any atom is 0.337 e. The normalized spacial score (nSPS) is 37.3. The van der Waals surface area contributed by atoms with E-state index in [1.807, 2.05) is 0 Å². The van der Waals surface area contributed by atoms with Gasteiger partial charge in [-0.3, -0.25) is 0 Å². The maximum atomic E-state index is 11.5. The first-order valence-electron chi connectivity index (χ1n) is 5.38. The van der Waals surface area contributed by atoms with Gasteiger partial charge in [-0.25, -0.2) is 4.79 Å². The van der Waals surface area contributed by atoms with Crippen molar-refractivity contribution < 1.29 is 24.5 Å². The zero-order valence-electron chi connectivity index (χ0n) is 9.13. The molecule has 0 radical (unpaired) electrons. The van der Waals surface area contributed by atoms with Crippen LogP contribution in [0.3, 0.4) is 0 Å².